The van der Waals surface area contributed by atoms with Crippen molar-refractivity contribution in [3.8, 4) is 0 Å². The zero-order chi connectivity index (χ0) is 14.8. The predicted molar refractivity (Wildman–Crippen MR) is 81.0 cm³/mol. The Morgan fingerprint density at radius 2 is 1.55 bits per heavy atom. The maximum atomic E-state index is 12.1. The molecule has 0 spiro atoms. The first-order valence-corrected chi connectivity index (χ1v) is 6.87. The van der Waals surface area contributed by atoms with Crippen LogP contribution in [0.15, 0.2) is 52.9 Å². The Morgan fingerprint density at radius 3 is 2.45 bits per heavy atom. The number of esters is 2. The van der Waals surface area contributed by atoms with Crippen LogP contribution in [0.1, 0.15) is 20.7 Å². The second-order valence-electron chi connectivity index (χ2n) is 5.30. The molecule has 0 aliphatic carbocycles. The smallest absolute Gasteiger partial charge is 0.347 e. The molecular weight excluding hydrogens is 280 g/mol. The fraction of sp³-hybridized carbons (Fsp3) is 0. The Balaban J connectivity index is 2.13. The van der Waals surface area contributed by atoms with Gasteiger partial charge in [0.2, 0.25) is 0 Å². The molecule has 0 N–H and O–H groups in total. The van der Waals surface area contributed by atoms with Crippen molar-refractivity contribution in [1.82, 2.24) is 0 Å². The topological polar surface area (TPSA) is 56.5 Å². The number of carbonyl (C=O) groups excluding carboxylic acids is 2. The Bertz CT molecular complexity index is 1130. The fourth-order valence-corrected chi connectivity index (χ4v) is 3.20. The summed E-state index contributed by atoms with van der Waals surface area (Å²) in [5.41, 5.74) is 2.09. The van der Waals surface area contributed by atoms with Gasteiger partial charge in [-0.2, -0.15) is 0 Å². The van der Waals surface area contributed by atoms with Gasteiger partial charge in [-0.15, -0.1) is 0 Å². The normalized spacial score (nSPS) is 14.0. The van der Waals surface area contributed by atoms with E-state index in [-0.39, 0.29) is 0 Å². The summed E-state index contributed by atoms with van der Waals surface area (Å²) in [6.07, 6.45) is 0. The lowest BCUT2D eigenvalue weighted by Crippen LogP contribution is -1.97. The van der Waals surface area contributed by atoms with Crippen LogP contribution < -0.4 is 0 Å². The first-order chi connectivity index (χ1) is 10.7. The van der Waals surface area contributed by atoms with Gasteiger partial charge in [0, 0.05) is 16.2 Å². The summed E-state index contributed by atoms with van der Waals surface area (Å²) in [5.74, 6) is -1.19. The summed E-state index contributed by atoms with van der Waals surface area (Å²) in [6.45, 7) is 0. The summed E-state index contributed by atoms with van der Waals surface area (Å²) in [7, 11) is 0. The van der Waals surface area contributed by atoms with Crippen LogP contribution in [-0.4, -0.2) is 11.9 Å². The van der Waals surface area contributed by atoms with Crippen LogP contribution in [0.4, 0.5) is 0 Å². The van der Waals surface area contributed by atoms with Gasteiger partial charge < -0.3 is 9.15 Å². The van der Waals surface area contributed by atoms with Crippen molar-refractivity contribution in [2.75, 3.05) is 0 Å². The van der Waals surface area contributed by atoms with E-state index in [1.165, 1.54) is 0 Å². The second kappa shape index (κ2) is 3.74. The molecule has 0 radical (unpaired) electrons. The van der Waals surface area contributed by atoms with Crippen molar-refractivity contribution in [2.45, 2.75) is 0 Å². The minimum Gasteiger partial charge on any atom is -0.456 e. The summed E-state index contributed by atoms with van der Waals surface area (Å²) in [5, 5.41) is 3.36. The zero-order valence-corrected chi connectivity index (χ0v) is 11.3. The highest BCUT2D eigenvalue weighted by atomic mass is 16.6. The van der Waals surface area contributed by atoms with E-state index >= 15 is 0 Å². The van der Waals surface area contributed by atoms with Crippen LogP contribution in [0.2, 0.25) is 0 Å². The van der Waals surface area contributed by atoms with E-state index in [1.807, 2.05) is 42.5 Å². The van der Waals surface area contributed by atoms with Crippen LogP contribution in [0, 0.1) is 0 Å². The van der Waals surface area contributed by atoms with E-state index in [9.17, 15) is 9.59 Å². The number of carbonyl (C=O) groups is 2. The lowest BCUT2D eigenvalue weighted by Gasteiger charge is -2.03. The van der Waals surface area contributed by atoms with E-state index in [0.717, 1.165) is 27.1 Å². The zero-order valence-electron chi connectivity index (χ0n) is 11.3. The molecule has 0 saturated heterocycles. The van der Waals surface area contributed by atoms with Gasteiger partial charge in [-0.05, 0) is 23.6 Å². The summed E-state index contributed by atoms with van der Waals surface area (Å²) >= 11 is 0. The first-order valence-electron chi connectivity index (χ1n) is 6.87. The van der Waals surface area contributed by atoms with Gasteiger partial charge in [0.05, 0.1) is 11.1 Å². The van der Waals surface area contributed by atoms with Crippen LogP contribution in [0.3, 0.4) is 0 Å². The van der Waals surface area contributed by atoms with E-state index in [2.05, 4.69) is 0 Å². The molecule has 0 amide bonds. The average Bonchev–Trinajstić information content (AvgIpc) is 3.05. The van der Waals surface area contributed by atoms with Gasteiger partial charge in [0.25, 0.3) is 0 Å². The molecule has 0 atom stereocenters. The van der Waals surface area contributed by atoms with Crippen molar-refractivity contribution in [3.05, 3.63) is 59.7 Å². The molecule has 1 aromatic heterocycles. The highest BCUT2D eigenvalue weighted by Crippen LogP contribution is 2.38. The number of cyclic esters (lactones) is 2. The number of ether oxygens (including phenoxy) is 1. The summed E-state index contributed by atoms with van der Waals surface area (Å²) in [4.78, 5) is 23.9. The highest BCUT2D eigenvalue weighted by Gasteiger charge is 2.32. The Labute approximate surface area is 123 Å². The van der Waals surface area contributed by atoms with Crippen molar-refractivity contribution < 1.29 is 18.7 Å². The number of hydrogen-bond acceptors (Lipinski definition) is 4. The van der Waals surface area contributed by atoms with E-state index in [1.54, 1.807) is 6.07 Å². The van der Waals surface area contributed by atoms with E-state index < -0.39 is 11.9 Å². The largest absolute Gasteiger partial charge is 0.456 e. The lowest BCUT2D eigenvalue weighted by molar-refractivity contribution is 0.0444. The molecule has 104 valence electrons. The van der Waals surface area contributed by atoms with Gasteiger partial charge in [-0.1, -0.05) is 30.3 Å². The van der Waals surface area contributed by atoms with Gasteiger partial charge in [-0.25, -0.2) is 9.59 Å². The molecule has 4 heteroatoms. The van der Waals surface area contributed by atoms with Crippen molar-refractivity contribution in [2.24, 2.45) is 0 Å². The van der Waals surface area contributed by atoms with E-state index in [0.29, 0.717) is 16.7 Å². The third-order valence-electron chi connectivity index (χ3n) is 4.13. The van der Waals surface area contributed by atoms with Gasteiger partial charge in [0.1, 0.15) is 11.2 Å². The molecule has 2 heterocycles. The SMILES string of the molecule is O=C1OC(=O)c2c1ccc1ccc3oc4ccccc4c3c21. The lowest BCUT2D eigenvalue weighted by atomic mass is 9.96. The van der Waals surface area contributed by atoms with Crippen LogP contribution >= 0.6 is 0 Å². The van der Waals surface area contributed by atoms with Gasteiger partial charge in [-0.3, -0.25) is 0 Å². The molecule has 3 aromatic carbocycles. The molecule has 0 saturated carbocycles. The predicted octanol–water partition coefficient (Wildman–Crippen LogP) is 4.05. The van der Waals surface area contributed by atoms with Crippen molar-refractivity contribution in [3.63, 3.8) is 0 Å². The Morgan fingerprint density at radius 1 is 0.727 bits per heavy atom. The summed E-state index contributed by atoms with van der Waals surface area (Å²) in [6, 6.07) is 14.9. The first kappa shape index (κ1) is 11.5. The minimum atomic E-state index is -0.594. The average molecular weight is 288 g/mol. The van der Waals surface area contributed by atoms with Gasteiger partial charge >= 0.3 is 11.9 Å². The Kier molecular flexibility index (Phi) is 1.96. The van der Waals surface area contributed by atoms with Crippen LogP contribution in [-0.2, 0) is 4.74 Å². The van der Waals surface area contributed by atoms with Crippen molar-refractivity contribution in [1.29, 1.82) is 0 Å². The molecule has 1 aliphatic heterocycles. The maximum Gasteiger partial charge on any atom is 0.347 e. The monoisotopic (exact) mass is 288 g/mol. The molecule has 4 nitrogen and oxygen atoms in total. The molecule has 0 fully saturated rings. The molecule has 4 aromatic rings. The van der Waals surface area contributed by atoms with Crippen molar-refractivity contribution >= 4 is 44.6 Å². The molecule has 22 heavy (non-hydrogen) atoms. The van der Waals surface area contributed by atoms with Crippen LogP contribution in [0.25, 0.3) is 32.7 Å². The number of furan rings is 1. The molecular formula is C18H8O4. The molecule has 5 rings (SSSR count). The van der Waals surface area contributed by atoms with Crippen LogP contribution in [0.5, 0.6) is 0 Å². The number of benzene rings is 3. The minimum absolute atomic E-state index is 0.315. The highest BCUT2D eigenvalue weighted by molar-refractivity contribution is 6.29. The number of para-hydroxylation sites is 1. The van der Waals surface area contributed by atoms with Gasteiger partial charge in [0.15, 0.2) is 0 Å². The third-order valence-corrected chi connectivity index (χ3v) is 4.13. The molecule has 0 unspecified atom stereocenters. The molecule has 1 aliphatic rings. The summed E-state index contributed by atoms with van der Waals surface area (Å²) < 4.78 is 10.6. The third kappa shape index (κ3) is 1.27. The second-order valence-corrected chi connectivity index (χ2v) is 5.30. The molecule has 0 bridgehead atoms. The number of hydrogen-bond donors (Lipinski definition) is 0. The fourth-order valence-electron chi connectivity index (χ4n) is 3.20. The standard InChI is InChI=1S/C18H8O4/c19-17-11-7-5-9-6-8-13-15(14(9)16(11)18(20)22-17)10-3-1-2-4-12(10)21-13/h1-8H. The number of rotatable bonds is 0. The quantitative estimate of drug-likeness (QED) is 0.362. The van der Waals surface area contributed by atoms with E-state index in [4.69, 9.17) is 9.15 Å². The maximum absolute atomic E-state index is 12.1. The Hall–Kier alpha value is -3.14. The number of fused-ring (bicyclic) bond motifs is 7.